The first-order chi connectivity index (χ1) is 16.6. The molecule has 0 N–H and O–H groups in total. The zero-order valence-electron chi connectivity index (χ0n) is 20.8. The lowest BCUT2D eigenvalue weighted by atomic mass is 9.85. The van der Waals surface area contributed by atoms with E-state index in [1.54, 1.807) is 0 Å². The molecule has 6 nitrogen and oxygen atoms in total. The minimum Gasteiger partial charge on any atom is -0.473 e. The summed E-state index contributed by atoms with van der Waals surface area (Å²) in [6.07, 6.45) is -1.00. The molecule has 5 rings (SSSR count). The molecule has 0 aromatic heterocycles. The number of rotatable bonds is 4. The van der Waals surface area contributed by atoms with Crippen LogP contribution in [0, 0.1) is 5.92 Å². The lowest BCUT2D eigenvalue weighted by Gasteiger charge is -2.49. The molecule has 3 aliphatic heterocycles. The van der Waals surface area contributed by atoms with Gasteiger partial charge in [-0.25, -0.2) is 0 Å². The maximum absolute atomic E-state index is 13.8. The number of amides is 1. The third-order valence-corrected chi connectivity index (χ3v) is 8.28. The van der Waals surface area contributed by atoms with Crippen LogP contribution in [-0.2, 0) is 22.3 Å². The van der Waals surface area contributed by atoms with Crippen LogP contribution in [0.1, 0.15) is 57.6 Å². The highest BCUT2D eigenvalue weighted by Gasteiger charge is 2.56. The second-order valence-electron chi connectivity index (χ2n) is 10.9. The summed E-state index contributed by atoms with van der Waals surface area (Å²) in [4.78, 5) is 20.3. The lowest BCUT2D eigenvalue weighted by molar-refractivity contribution is -0.181. The zero-order chi connectivity index (χ0) is 25.0. The summed E-state index contributed by atoms with van der Waals surface area (Å²) in [6.45, 7) is 10.4. The van der Waals surface area contributed by atoms with Gasteiger partial charge in [-0.05, 0) is 70.6 Å². The average Bonchev–Trinajstić information content (AvgIpc) is 3.68. The molecule has 4 aliphatic rings. The summed E-state index contributed by atoms with van der Waals surface area (Å²) in [5.41, 5.74) is -1.23. The van der Waals surface area contributed by atoms with Gasteiger partial charge in [-0.2, -0.15) is 13.2 Å². The van der Waals surface area contributed by atoms with Gasteiger partial charge in [0.25, 0.3) is 5.91 Å². The van der Waals surface area contributed by atoms with Gasteiger partial charge >= 0.3 is 6.18 Å². The SMILES string of the molecule is CC(C)N1CCN([C@@H]2CC[C@@](C(=O)N3COc4ccc(C(F)(F)F)cc4C3)(C3CC3)OC2)C[C@@H]1C. The Morgan fingerprint density at radius 3 is 2.54 bits per heavy atom. The largest absolute Gasteiger partial charge is 0.473 e. The highest BCUT2D eigenvalue weighted by Crippen LogP contribution is 2.48. The highest BCUT2D eigenvalue weighted by atomic mass is 19.4. The van der Waals surface area contributed by atoms with Crippen LogP contribution >= 0.6 is 0 Å². The van der Waals surface area contributed by atoms with Crippen LogP contribution in [-0.4, -0.2) is 77.3 Å². The van der Waals surface area contributed by atoms with Crippen molar-refractivity contribution < 1.29 is 27.4 Å². The number of hydrogen-bond acceptors (Lipinski definition) is 5. The summed E-state index contributed by atoms with van der Waals surface area (Å²) in [5, 5.41) is 0. The molecule has 3 atom stereocenters. The van der Waals surface area contributed by atoms with Crippen LogP contribution in [0.2, 0.25) is 0 Å². The monoisotopic (exact) mass is 495 g/mol. The van der Waals surface area contributed by atoms with Crippen LogP contribution in [0.4, 0.5) is 13.2 Å². The first-order valence-corrected chi connectivity index (χ1v) is 12.8. The Morgan fingerprint density at radius 2 is 1.94 bits per heavy atom. The molecule has 0 unspecified atom stereocenters. The topological polar surface area (TPSA) is 45.2 Å². The third kappa shape index (κ3) is 4.79. The van der Waals surface area contributed by atoms with E-state index in [0.29, 0.717) is 42.5 Å². The van der Waals surface area contributed by atoms with Gasteiger partial charge in [-0.15, -0.1) is 0 Å². The number of carbonyl (C=O) groups is 1. The number of carbonyl (C=O) groups excluding carboxylic acids is 1. The quantitative estimate of drug-likeness (QED) is 0.629. The van der Waals surface area contributed by atoms with Crippen molar-refractivity contribution in [2.24, 2.45) is 5.92 Å². The van der Waals surface area contributed by atoms with Crippen LogP contribution < -0.4 is 4.74 Å². The van der Waals surface area contributed by atoms with Gasteiger partial charge in [0.15, 0.2) is 6.73 Å². The average molecular weight is 496 g/mol. The van der Waals surface area contributed by atoms with Gasteiger partial charge in [0.1, 0.15) is 11.4 Å². The smallest absolute Gasteiger partial charge is 0.416 e. The summed E-state index contributed by atoms with van der Waals surface area (Å²) < 4.78 is 51.8. The van der Waals surface area contributed by atoms with Crippen molar-refractivity contribution in [3.05, 3.63) is 29.3 Å². The number of alkyl halides is 3. The fourth-order valence-corrected chi connectivity index (χ4v) is 6.20. The Balaban J connectivity index is 1.26. The number of fused-ring (bicyclic) bond motifs is 1. The molecule has 1 aliphatic carbocycles. The van der Waals surface area contributed by atoms with Gasteiger partial charge < -0.3 is 14.4 Å². The van der Waals surface area contributed by atoms with Crippen molar-refractivity contribution in [2.45, 2.75) is 82.9 Å². The van der Waals surface area contributed by atoms with E-state index < -0.39 is 17.3 Å². The van der Waals surface area contributed by atoms with Crippen LogP contribution in [0.25, 0.3) is 0 Å². The lowest BCUT2D eigenvalue weighted by Crippen LogP contribution is -2.61. The predicted molar refractivity (Wildman–Crippen MR) is 125 cm³/mol. The van der Waals surface area contributed by atoms with E-state index in [2.05, 4.69) is 30.6 Å². The molecule has 194 valence electrons. The molecule has 3 fully saturated rings. The van der Waals surface area contributed by atoms with E-state index in [4.69, 9.17) is 9.47 Å². The van der Waals surface area contributed by atoms with Gasteiger partial charge in [0, 0.05) is 43.3 Å². The standard InChI is InChI=1S/C26H36F3N3O3/c1-17(2)32-11-10-30(13-18(32)3)22-8-9-25(35-15-22,20-4-5-20)24(33)31-14-19-12-21(26(27,28)29)6-7-23(19)34-16-31/h6-7,12,17-18,20,22H,4-5,8-11,13-16H2,1-3H3/t18-,22+,25-/m0/s1. The minimum absolute atomic E-state index is 0.0349. The Morgan fingerprint density at radius 1 is 1.17 bits per heavy atom. The Labute approximate surface area is 205 Å². The normalized spacial score (nSPS) is 30.8. The zero-order valence-corrected chi connectivity index (χ0v) is 20.8. The maximum atomic E-state index is 13.8. The Hall–Kier alpha value is -1.84. The fraction of sp³-hybridized carbons (Fsp3) is 0.731. The molecule has 3 heterocycles. The molecular weight excluding hydrogens is 459 g/mol. The number of piperazine rings is 1. The molecule has 2 saturated heterocycles. The van der Waals surface area contributed by atoms with Crippen LogP contribution in [0.5, 0.6) is 5.75 Å². The van der Waals surface area contributed by atoms with E-state index in [1.165, 1.54) is 11.0 Å². The molecule has 1 amide bonds. The Bertz CT molecular complexity index is 942. The number of hydrogen-bond donors (Lipinski definition) is 0. The molecule has 0 spiro atoms. The first-order valence-electron chi connectivity index (χ1n) is 12.8. The molecule has 1 aromatic carbocycles. The molecule has 35 heavy (non-hydrogen) atoms. The molecule has 1 saturated carbocycles. The Kier molecular flexibility index (Phi) is 6.55. The molecule has 9 heteroatoms. The number of halogens is 3. The summed E-state index contributed by atoms with van der Waals surface area (Å²) in [5.74, 6) is 0.442. The second-order valence-corrected chi connectivity index (χ2v) is 10.9. The van der Waals surface area contributed by atoms with Crippen LogP contribution in [0.3, 0.4) is 0 Å². The van der Waals surface area contributed by atoms with Crippen molar-refractivity contribution in [2.75, 3.05) is 33.0 Å². The van der Waals surface area contributed by atoms with Crippen LogP contribution in [0.15, 0.2) is 18.2 Å². The van der Waals surface area contributed by atoms with E-state index in [1.807, 2.05) is 0 Å². The highest BCUT2D eigenvalue weighted by molar-refractivity contribution is 5.86. The molecule has 0 bridgehead atoms. The van der Waals surface area contributed by atoms with E-state index in [-0.39, 0.29) is 25.1 Å². The van der Waals surface area contributed by atoms with Crippen molar-refractivity contribution >= 4 is 5.91 Å². The van der Waals surface area contributed by atoms with Gasteiger partial charge in [-0.1, -0.05) is 0 Å². The first kappa shape index (κ1) is 24.8. The van der Waals surface area contributed by atoms with E-state index in [0.717, 1.165) is 51.0 Å². The third-order valence-electron chi connectivity index (χ3n) is 8.28. The number of benzene rings is 1. The van der Waals surface area contributed by atoms with E-state index in [9.17, 15) is 18.0 Å². The summed E-state index contributed by atoms with van der Waals surface area (Å²) in [6, 6.07) is 4.76. The van der Waals surface area contributed by atoms with Crippen molar-refractivity contribution in [1.82, 2.24) is 14.7 Å². The molecular formula is C26H36F3N3O3. The minimum atomic E-state index is -4.43. The van der Waals surface area contributed by atoms with Gasteiger partial charge in [0.05, 0.1) is 18.7 Å². The van der Waals surface area contributed by atoms with E-state index >= 15 is 0 Å². The second kappa shape index (κ2) is 9.23. The summed E-state index contributed by atoms with van der Waals surface area (Å²) in [7, 11) is 0. The van der Waals surface area contributed by atoms with Gasteiger partial charge in [-0.3, -0.25) is 14.6 Å². The molecule has 0 radical (unpaired) electrons. The predicted octanol–water partition coefficient (Wildman–Crippen LogP) is 4.13. The van der Waals surface area contributed by atoms with Crippen molar-refractivity contribution in [3.8, 4) is 5.75 Å². The molecule has 1 aromatic rings. The number of nitrogens with zero attached hydrogens (tertiary/aromatic N) is 3. The van der Waals surface area contributed by atoms with Crippen molar-refractivity contribution in [3.63, 3.8) is 0 Å². The van der Waals surface area contributed by atoms with Gasteiger partial charge in [0.2, 0.25) is 0 Å². The number of ether oxygens (including phenoxy) is 2. The summed E-state index contributed by atoms with van der Waals surface area (Å²) >= 11 is 0. The van der Waals surface area contributed by atoms with Crippen molar-refractivity contribution in [1.29, 1.82) is 0 Å². The fourth-order valence-electron chi connectivity index (χ4n) is 6.20. The maximum Gasteiger partial charge on any atom is 0.416 e.